The predicted octanol–water partition coefficient (Wildman–Crippen LogP) is 2.28. The number of hydrogen-bond acceptors (Lipinski definition) is 9. The van der Waals surface area contributed by atoms with Crippen molar-refractivity contribution in [2.24, 2.45) is 0 Å². The Morgan fingerprint density at radius 1 is 0.926 bits per heavy atom. The number of unbranched alkanes of at least 4 members (excludes halogenated alkanes) is 2. The molecule has 0 amide bonds. The highest BCUT2D eigenvalue weighted by Crippen LogP contribution is 2.16. The first-order valence-corrected chi connectivity index (χ1v) is 9.60. The van der Waals surface area contributed by atoms with Gasteiger partial charge in [0.25, 0.3) is 0 Å². The molecule has 1 aromatic rings. The number of methoxy groups -OCH3 is 1. The zero-order valence-corrected chi connectivity index (χ0v) is 17.3. The van der Waals surface area contributed by atoms with Crippen molar-refractivity contribution in [3.05, 3.63) is 5.82 Å². The third kappa shape index (κ3) is 8.79. The smallest absolute Gasteiger partial charge is 0.234 e. The fraction of sp³-hybridized carbons (Fsp3) is 0.833. The average Bonchev–Trinajstić information content (AvgIpc) is 2.63. The summed E-state index contributed by atoms with van der Waals surface area (Å²) >= 11 is 0. The predicted molar refractivity (Wildman–Crippen MR) is 105 cm³/mol. The van der Waals surface area contributed by atoms with Crippen molar-refractivity contribution in [2.45, 2.75) is 59.6 Å². The summed E-state index contributed by atoms with van der Waals surface area (Å²) in [6.07, 6.45) is 3.28. The topological polar surface area (TPSA) is 93.1 Å². The number of aliphatic hydroxyl groups is 1. The fourth-order valence-electron chi connectivity index (χ4n) is 2.20. The molecule has 0 aliphatic rings. The monoisotopic (exact) mass is 385 g/mol. The Labute approximate surface area is 162 Å². The second kappa shape index (κ2) is 13.6. The summed E-state index contributed by atoms with van der Waals surface area (Å²) in [5.41, 5.74) is 0. The molecule has 0 spiro atoms. The van der Waals surface area contributed by atoms with Gasteiger partial charge in [-0.1, -0.05) is 26.7 Å². The normalized spacial score (nSPS) is 12.2. The molecule has 9 heteroatoms. The van der Waals surface area contributed by atoms with E-state index in [9.17, 15) is 5.11 Å². The highest BCUT2D eigenvalue weighted by atomic mass is 16.5. The van der Waals surface area contributed by atoms with Crippen molar-refractivity contribution < 1.29 is 19.3 Å². The quantitative estimate of drug-likeness (QED) is 0.360. The lowest BCUT2D eigenvalue weighted by atomic mass is 10.4. The molecule has 0 fully saturated rings. The van der Waals surface area contributed by atoms with E-state index in [1.807, 2.05) is 0 Å². The molecule has 0 aliphatic carbocycles. The van der Waals surface area contributed by atoms with E-state index < -0.39 is 6.23 Å². The Morgan fingerprint density at radius 2 is 1.52 bits per heavy atom. The van der Waals surface area contributed by atoms with Crippen LogP contribution in [0.15, 0.2) is 0 Å². The zero-order chi connectivity index (χ0) is 20.1. The van der Waals surface area contributed by atoms with Crippen LogP contribution in [0.3, 0.4) is 0 Å². The standard InChI is InChI=1S/C18H35N5O4/c1-6-8-10-26-13-22(12-25-5)17-19-15(3)20-18(21-17)23(16(4)24)14-27-11-9-7-2/h16,24H,6-14H2,1-5H3. The van der Waals surface area contributed by atoms with Crippen LogP contribution in [0.25, 0.3) is 0 Å². The summed E-state index contributed by atoms with van der Waals surface area (Å²) in [5, 5.41) is 10.1. The van der Waals surface area contributed by atoms with Crippen LogP contribution in [0.2, 0.25) is 0 Å². The molecule has 0 bridgehead atoms. The maximum atomic E-state index is 10.1. The first-order chi connectivity index (χ1) is 13.0. The van der Waals surface area contributed by atoms with E-state index >= 15 is 0 Å². The van der Waals surface area contributed by atoms with Crippen LogP contribution in [0.1, 0.15) is 52.3 Å². The van der Waals surface area contributed by atoms with Crippen molar-refractivity contribution in [3.63, 3.8) is 0 Å². The summed E-state index contributed by atoms with van der Waals surface area (Å²) < 4.78 is 16.6. The molecule has 1 aromatic heterocycles. The molecule has 156 valence electrons. The van der Waals surface area contributed by atoms with Gasteiger partial charge in [0.1, 0.15) is 32.2 Å². The molecule has 27 heavy (non-hydrogen) atoms. The Balaban J connectivity index is 2.92. The van der Waals surface area contributed by atoms with Gasteiger partial charge in [0.15, 0.2) is 0 Å². The van der Waals surface area contributed by atoms with Gasteiger partial charge >= 0.3 is 0 Å². The molecule has 0 saturated heterocycles. The van der Waals surface area contributed by atoms with Gasteiger partial charge in [0.05, 0.1) is 0 Å². The van der Waals surface area contributed by atoms with Gasteiger partial charge in [-0.05, 0) is 26.7 Å². The lowest BCUT2D eigenvalue weighted by Crippen LogP contribution is -2.38. The van der Waals surface area contributed by atoms with Crippen LogP contribution in [-0.4, -0.2) is 66.8 Å². The molecule has 0 radical (unpaired) electrons. The second-order valence-corrected chi connectivity index (χ2v) is 6.32. The Bertz CT molecular complexity index is 519. The second-order valence-electron chi connectivity index (χ2n) is 6.32. The van der Waals surface area contributed by atoms with E-state index in [4.69, 9.17) is 14.2 Å². The van der Waals surface area contributed by atoms with E-state index in [1.54, 1.807) is 30.8 Å². The molecule has 0 aliphatic heterocycles. The van der Waals surface area contributed by atoms with E-state index in [1.165, 1.54) is 0 Å². The molecule has 1 heterocycles. The van der Waals surface area contributed by atoms with Crippen molar-refractivity contribution in [2.75, 3.05) is 50.3 Å². The van der Waals surface area contributed by atoms with E-state index in [-0.39, 0.29) is 13.5 Å². The van der Waals surface area contributed by atoms with E-state index in [2.05, 4.69) is 28.8 Å². The number of anilines is 2. The number of rotatable bonds is 15. The largest absolute Gasteiger partial charge is 0.374 e. The van der Waals surface area contributed by atoms with Gasteiger partial charge in [-0.15, -0.1) is 0 Å². The maximum Gasteiger partial charge on any atom is 0.234 e. The van der Waals surface area contributed by atoms with E-state index in [0.717, 1.165) is 25.7 Å². The van der Waals surface area contributed by atoms with Gasteiger partial charge in [-0.2, -0.15) is 15.0 Å². The number of aromatic nitrogens is 3. The highest BCUT2D eigenvalue weighted by Gasteiger charge is 2.19. The van der Waals surface area contributed by atoms with Crippen LogP contribution in [0, 0.1) is 6.92 Å². The van der Waals surface area contributed by atoms with Crippen molar-refractivity contribution in [1.82, 2.24) is 15.0 Å². The SMILES string of the molecule is CCCCOCN(COC)c1nc(C)nc(N(COCCCC)C(C)O)n1. The van der Waals surface area contributed by atoms with Gasteiger partial charge in [0.2, 0.25) is 11.9 Å². The van der Waals surface area contributed by atoms with Gasteiger partial charge in [-0.3, -0.25) is 9.80 Å². The molecular weight excluding hydrogens is 350 g/mol. The molecule has 9 nitrogen and oxygen atoms in total. The van der Waals surface area contributed by atoms with Crippen molar-refractivity contribution >= 4 is 11.9 Å². The molecule has 0 saturated carbocycles. The Hall–Kier alpha value is -1.55. The van der Waals surface area contributed by atoms with E-state index in [0.29, 0.717) is 37.7 Å². The van der Waals surface area contributed by atoms with Gasteiger partial charge in [-0.25, -0.2) is 0 Å². The summed E-state index contributed by atoms with van der Waals surface area (Å²) in [6, 6.07) is 0. The van der Waals surface area contributed by atoms with Crippen LogP contribution in [0.5, 0.6) is 0 Å². The van der Waals surface area contributed by atoms with Crippen molar-refractivity contribution in [3.8, 4) is 0 Å². The van der Waals surface area contributed by atoms with Crippen molar-refractivity contribution in [1.29, 1.82) is 0 Å². The highest BCUT2D eigenvalue weighted by molar-refractivity contribution is 5.38. The Kier molecular flexibility index (Phi) is 11.8. The molecule has 0 aromatic carbocycles. The van der Waals surface area contributed by atoms with Crippen LogP contribution >= 0.6 is 0 Å². The molecule has 1 rings (SSSR count). The maximum absolute atomic E-state index is 10.1. The van der Waals surface area contributed by atoms with Crippen LogP contribution in [0.4, 0.5) is 11.9 Å². The third-order valence-electron chi connectivity index (χ3n) is 3.76. The van der Waals surface area contributed by atoms with Gasteiger partial charge < -0.3 is 19.3 Å². The number of hydrogen-bond donors (Lipinski definition) is 1. The first kappa shape index (κ1) is 23.5. The summed E-state index contributed by atoms with van der Waals surface area (Å²) in [4.78, 5) is 16.6. The minimum atomic E-state index is -0.794. The summed E-state index contributed by atoms with van der Waals surface area (Å²) in [5.74, 6) is 1.34. The van der Waals surface area contributed by atoms with Crippen LogP contribution < -0.4 is 9.80 Å². The Morgan fingerprint density at radius 3 is 2.07 bits per heavy atom. The molecule has 1 unspecified atom stereocenters. The van der Waals surface area contributed by atoms with Gasteiger partial charge in [0, 0.05) is 20.3 Å². The third-order valence-corrected chi connectivity index (χ3v) is 3.76. The number of aliphatic hydroxyl groups excluding tert-OH is 1. The average molecular weight is 386 g/mol. The summed E-state index contributed by atoms with van der Waals surface area (Å²) in [6.45, 7) is 9.76. The lowest BCUT2D eigenvalue weighted by Gasteiger charge is -2.27. The number of ether oxygens (including phenoxy) is 3. The lowest BCUT2D eigenvalue weighted by molar-refractivity contribution is 0.0882. The first-order valence-electron chi connectivity index (χ1n) is 9.60. The summed E-state index contributed by atoms with van der Waals surface area (Å²) in [7, 11) is 1.61. The minimum Gasteiger partial charge on any atom is -0.374 e. The molecule has 1 atom stereocenters. The number of nitrogens with zero attached hydrogens (tertiary/aromatic N) is 5. The zero-order valence-electron chi connectivity index (χ0n) is 17.3. The van der Waals surface area contributed by atoms with Crippen LogP contribution in [-0.2, 0) is 14.2 Å². The minimum absolute atomic E-state index is 0.206. The molecule has 1 N–H and O–H groups in total. The fourth-order valence-corrected chi connectivity index (χ4v) is 2.20. The molecular formula is C18H35N5O4. The number of aryl methyl sites for hydroxylation is 1.